The Bertz CT molecular complexity index is 1840. The van der Waals surface area contributed by atoms with Crippen molar-refractivity contribution in [1.82, 2.24) is 19.1 Å². The first-order valence-electron chi connectivity index (χ1n) is 15.9. The van der Waals surface area contributed by atoms with Gasteiger partial charge in [0.25, 0.3) is 6.71 Å². The van der Waals surface area contributed by atoms with Gasteiger partial charge >= 0.3 is 0 Å². The van der Waals surface area contributed by atoms with Crippen molar-refractivity contribution < 1.29 is 0 Å². The van der Waals surface area contributed by atoms with Crippen LogP contribution < -0.4 is 16.4 Å². The molecule has 5 heteroatoms. The smallest absolute Gasteiger partial charge is 0.253 e. The lowest BCUT2D eigenvalue weighted by molar-refractivity contribution is 0.538. The molecule has 2 aromatic heterocycles. The van der Waals surface area contributed by atoms with Gasteiger partial charge in [-0.3, -0.25) is 9.13 Å². The monoisotopic (exact) mass is 538 g/mol. The summed E-state index contributed by atoms with van der Waals surface area (Å²) in [4.78, 5) is 10.9. The molecule has 4 aliphatic rings. The minimum Gasteiger partial charge on any atom is -0.297 e. The standard InChI is InChI=1S/C36H39BN4/c1-35(2,3)33-38-24-18-20-12-7-9-14-22(20)28-31(24)40(33)26-16-11-17-27-30(26)37(28)29-23-15-10-8-13-21(23)19-25-32(29)41(27)34(39-25)36(4,5)6/h11,16-19H,7-10,12-15H2,1-6H3. The van der Waals surface area contributed by atoms with Crippen LogP contribution >= 0.6 is 0 Å². The molecule has 0 saturated heterocycles. The lowest BCUT2D eigenvalue weighted by Crippen LogP contribution is -2.62. The zero-order valence-corrected chi connectivity index (χ0v) is 25.4. The highest BCUT2D eigenvalue weighted by Crippen LogP contribution is 2.40. The van der Waals surface area contributed by atoms with Crippen LogP contribution in [0, 0.1) is 0 Å². The third-order valence-corrected chi connectivity index (χ3v) is 10.4. The highest BCUT2D eigenvalue weighted by Gasteiger charge is 2.46. The number of benzene rings is 3. The summed E-state index contributed by atoms with van der Waals surface area (Å²) in [5.74, 6) is 2.35. The average Bonchev–Trinajstić information content (AvgIpc) is 3.52. The maximum atomic E-state index is 5.46. The first kappa shape index (κ1) is 24.3. The van der Waals surface area contributed by atoms with Gasteiger partial charge in [0.05, 0.1) is 22.1 Å². The van der Waals surface area contributed by atoms with Crippen LogP contribution in [0.3, 0.4) is 0 Å². The minimum absolute atomic E-state index is 0.0725. The van der Waals surface area contributed by atoms with Gasteiger partial charge in [0.15, 0.2) is 0 Å². The summed E-state index contributed by atoms with van der Waals surface area (Å²) >= 11 is 0. The van der Waals surface area contributed by atoms with E-state index in [0.717, 1.165) is 0 Å². The molecule has 206 valence electrons. The highest BCUT2D eigenvalue weighted by atomic mass is 15.1. The SMILES string of the molecule is CC(C)(C)c1nc2cc3c(c4c2n1-c1cccc2c1B4c1c4c(cc5nc(C(C)(C)C)n-2c15)CCCC4)CCCC3. The number of aryl methyl sites for hydroxylation is 2. The van der Waals surface area contributed by atoms with Crippen LogP contribution in [-0.4, -0.2) is 25.8 Å². The number of nitrogens with zero attached hydrogens (tertiary/aromatic N) is 4. The predicted octanol–water partition coefficient (Wildman–Crippen LogP) is 5.86. The maximum Gasteiger partial charge on any atom is 0.253 e. The molecule has 0 unspecified atom stereocenters. The first-order chi connectivity index (χ1) is 19.6. The number of fused-ring (bicyclic) bond motifs is 8. The van der Waals surface area contributed by atoms with E-state index in [1.165, 1.54) is 102 Å². The minimum atomic E-state index is -0.0725. The zero-order chi connectivity index (χ0) is 28.0. The van der Waals surface area contributed by atoms with Gasteiger partial charge in [-0.15, -0.1) is 0 Å². The summed E-state index contributed by atoms with van der Waals surface area (Å²) in [5, 5.41) is 0. The van der Waals surface area contributed by atoms with E-state index in [-0.39, 0.29) is 17.5 Å². The molecule has 0 radical (unpaired) electrons. The normalized spacial score (nSPS) is 17.2. The van der Waals surface area contributed by atoms with Crippen LogP contribution in [0.5, 0.6) is 0 Å². The molecule has 2 aliphatic heterocycles. The van der Waals surface area contributed by atoms with Crippen LogP contribution in [-0.2, 0) is 36.5 Å². The van der Waals surface area contributed by atoms with Crippen molar-refractivity contribution in [3.63, 3.8) is 0 Å². The molecule has 3 aromatic carbocycles. The molecular formula is C36H39BN4. The number of hydrogen-bond acceptors (Lipinski definition) is 2. The second-order valence-electron chi connectivity index (χ2n) is 15.2. The average molecular weight is 539 g/mol. The molecule has 4 nitrogen and oxygen atoms in total. The zero-order valence-electron chi connectivity index (χ0n) is 25.4. The van der Waals surface area contributed by atoms with E-state index in [1.807, 2.05) is 0 Å². The molecule has 0 bridgehead atoms. The second-order valence-corrected chi connectivity index (χ2v) is 15.2. The van der Waals surface area contributed by atoms with Crippen LogP contribution in [0.2, 0.25) is 0 Å². The van der Waals surface area contributed by atoms with E-state index in [1.54, 1.807) is 33.2 Å². The Labute approximate surface area is 243 Å². The quantitative estimate of drug-likeness (QED) is 0.227. The Morgan fingerprint density at radius 3 is 1.49 bits per heavy atom. The van der Waals surface area contributed by atoms with Gasteiger partial charge in [-0.1, -0.05) is 47.6 Å². The number of imidazole rings is 2. The molecule has 0 amide bonds. The molecule has 0 fully saturated rings. The van der Waals surface area contributed by atoms with Gasteiger partial charge in [-0.2, -0.15) is 0 Å². The van der Waals surface area contributed by atoms with Gasteiger partial charge in [0.2, 0.25) is 0 Å². The van der Waals surface area contributed by atoms with Gasteiger partial charge in [0, 0.05) is 22.2 Å². The van der Waals surface area contributed by atoms with E-state index in [4.69, 9.17) is 9.97 Å². The third kappa shape index (κ3) is 3.03. The lowest BCUT2D eigenvalue weighted by Gasteiger charge is -2.38. The van der Waals surface area contributed by atoms with E-state index in [0.29, 0.717) is 0 Å². The fourth-order valence-corrected chi connectivity index (χ4v) is 8.76. The van der Waals surface area contributed by atoms with Crippen molar-refractivity contribution in [2.75, 3.05) is 0 Å². The maximum absolute atomic E-state index is 5.46. The number of rotatable bonds is 0. The summed E-state index contributed by atoms with van der Waals surface area (Å²) in [5.41, 5.74) is 18.5. The fraction of sp³-hybridized carbons (Fsp3) is 0.444. The Hall–Kier alpha value is -3.34. The van der Waals surface area contributed by atoms with E-state index >= 15 is 0 Å². The molecule has 41 heavy (non-hydrogen) atoms. The van der Waals surface area contributed by atoms with E-state index < -0.39 is 0 Å². The first-order valence-corrected chi connectivity index (χ1v) is 15.9. The van der Waals surface area contributed by atoms with Crippen molar-refractivity contribution in [1.29, 1.82) is 0 Å². The van der Waals surface area contributed by atoms with Crippen molar-refractivity contribution in [3.8, 4) is 11.4 Å². The molecule has 9 rings (SSSR count). The third-order valence-electron chi connectivity index (χ3n) is 10.4. The van der Waals surface area contributed by atoms with Crippen molar-refractivity contribution in [2.45, 2.75) is 104 Å². The second kappa shape index (κ2) is 7.73. The van der Waals surface area contributed by atoms with Gasteiger partial charge in [-0.25, -0.2) is 9.97 Å². The Morgan fingerprint density at radius 1 is 0.610 bits per heavy atom. The largest absolute Gasteiger partial charge is 0.297 e. The van der Waals surface area contributed by atoms with Crippen LogP contribution in [0.4, 0.5) is 0 Å². The number of hydrogen-bond donors (Lipinski definition) is 0. The Kier molecular flexibility index (Phi) is 4.58. The summed E-state index contributed by atoms with van der Waals surface area (Å²) in [7, 11) is 0. The summed E-state index contributed by atoms with van der Waals surface area (Å²) < 4.78 is 5.14. The van der Waals surface area contributed by atoms with Crippen molar-refractivity contribution in [3.05, 3.63) is 64.2 Å². The van der Waals surface area contributed by atoms with Gasteiger partial charge < -0.3 is 0 Å². The molecular weight excluding hydrogens is 499 g/mol. The molecule has 0 atom stereocenters. The predicted molar refractivity (Wildman–Crippen MR) is 171 cm³/mol. The van der Waals surface area contributed by atoms with Gasteiger partial charge in [-0.05, 0) is 114 Å². The summed E-state index contributed by atoms with van der Waals surface area (Å²) in [6, 6.07) is 11.9. The van der Waals surface area contributed by atoms with Gasteiger partial charge in [0.1, 0.15) is 11.6 Å². The number of aromatic nitrogens is 4. The summed E-state index contributed by atoms with van der Waals surface area (Å²) in [6.45, 7) is 14.2. The van der Waals surface area contributed by atoms with E-state index in [2.05, 4.69) is 81.0 Å². The molecule has 2 aliphatic carbocycles. The molecule has 0 saturated carbocycles. The van der Waals surface area contributed by atoms with Crippen LogP contribution in [0.15, 0.2) is 30.3 Å². The molecule has 4 heterocycles. The van der Waals surface area contributed by atoms with Crippen molar-refractivity contribution in [2.24, 2.45) is 0 Å². The highest BCUT2D eigenvalue weighted by molar-refractivity contribution is 7.00. The Morgan fingerprint density at radius 2 is 1.05 bits per heavy atom. The Balaban J connectivity index is 1.54. The van der Waals surface area contributed by atoms with Crippen LogP contribution in [0.1, 0.15) is 101 Å². The molecule has 0 N–H and O–H groups in total. The fourth-order valence-electron chi connectivity index (χ4n) is 8.76. The van der Waals surface area contributed by atoms with Crippen molar-refractivity contribution >= 4 is 45.2 Å². The molecule has 0 spiro atoms. The van der Waals surface area contributed by atoms with Crippen LogP contribution in [0.25, 0.3) is 33.4 Å². The van der Waals surface area contributed by atoms with E-state index in [9.17, 15) is 0 Å². The topological polar surface area (TPSA) is 35.6 Å². The molecule has 5 aromatic rings. The summed E-state index contributed by atoms with van der Waals surface area (Å²) in [6.07, 6.45) is 9.82. The lowest BCUT2D eigenvalue weighted by atomic mass is 9.32.